The maximum Gasteiger partial charge on any atom is 0.405 e. The summed E-state index contributed by atoms with van der Waals surface area (Å²) < 4.78 is 42.8. The normalized spacial score (nSPS) is 22.9. The number of rotatable bonds is 4. The number of nitrogens with zero attached hydrogens (tertiary/aromatic N) is 1. The van der Waals surface area contributed by atoms with Gasteiger partial charge in [-0.1, -0.05) is 11.6 Å². The molecule has 3 rings (SSSR count). The number of nitrogens with one attached hydrogen (secondary N) is 1. The summed E-state index contributed by atoms with van der Waals surface area (Å²) in [6, 6.07) is 5.26. The maximum atomic E-state index is 12.9. The van der Waals surface area contributed by atoms with E-state index in [1.807, 2.05) is 6.07 Å². The molecule has 2 aliphatic carbocycles. The van der Waals surface area contributed by atoms with Gasteiger partial charge in [0, 0.05) is 7.11 Å². The van der Waals surface area contributed by atoms with Crippen LogP contribution < -0.4 is 5.32 Å². The first-order chi connectivity index (χ1) is 12.6. The molecule has 2 saturated carbocycles. The van der Waals surface area contributed by atoms with Crippen molar-refractivity contribution < 1.29 is 27.4 Å². The lowest BCUT2D eigenvalue weighted by atomic mass is 10.3. The Morgan fingerprint density at radius 3 is 2.52 bits per heavy atom. The summed E-state index contributed by atoms with van der Waals surface area (Å²) in [7, 11) is -1.93. The number of methoxy groups -OCH3 is 1. The minimum Gasteiger partial charge on any atom is -0.465 e. The van der Waals surface area contributed by atoms with Crippen molar-refractivity contribution in [1.29, 1.82) is 5.26 Å². The van der Waals surface area contributed by atoms with Crippen LogP contribution in [-0.4, -0.2) is 43.6 Å². The Bertz CT molecular complexity index is 851. The zero-order chi connectivity index (χ0) is 20.2. The quantitative estimate of drug-likeness (QED) is 0.725. The fourth-order valence-corrected chi connectivity index (χ4v) is 5.23. The van der Waals surface area contributed by atoms with E-state index < -0.39 is 32.5 Å². The second-order valence-electron chi connectivity index (χ2n) is 6.54. The van der Waals surface area contributed by atoms with Gasteiger partial charge in [-0.3, -0.25) is 0 Å². The van der Waals surface area contributed by atoms with Crippen molar-refractivity contribution in [3.8, 4) is 6.07 Å². The van der Waals surface area contributed by atoms with Crippen molar-refractivity contribution in [2.75, 3.05) is 7.11 Å². The summed E-state index contributed by atoms with van der Waals surface area (Å²) in [6.07, 6.45) is 1.89. The van der Waals surface area contributed by atoms with Gasteiger partial charge in [-0.05, 0) is 50.3 Å². The molecule has 10 heteroatoms. The van der Waals surface area contributed by atoms with Crippen molar-refractivity contribution in [3.05, 3.63) is 29.0 Å². The molecule has 2 aliphatic rings. The number of halogens is 2. The second kappa shape index (κ2) is 8.42. The maximum absolute atomic E-state index is 12.9. The number of amides is 1. The molecule has 0 aromatic heterocycles. The Kier molecular flexibility index (Phi) is 6.68. The van der Waals surface area contributed by atoms with Gasteiger partial charge in [-0.15, -0.1) is 0 Å². The van der Waals surface area contributed by atoms with Gasteiger partial charge in [0.1, 0.15) is 11.4 Å². The summed E-state index contributed by atoms with van der Waals surface area (Å²) in [5.74, 6) is -0.542. The minimum atomic E-state index is -3.51. The van der Waals surface area contributed by atoms with Crippen molar-refractivity contribution in [2.45, 2.75) is 53.9 Å². The number of carbonyl (C=O) groups is 1. The van der Waals surface area contributed by atoms with Crippen molar-refractivity contribution in [2.24, 2.45) is 0 Å². The molecule has 7 nitrogen and oxygen atoms in total. The fraction of sp³-hybridized carbons (Fsp3) is 0.529. The first kappa shape index (κ1) is 21.4. The zero-order valence-electron chi connectivity index (χ0n) is 14.6. The zero-order valence-corrected chi connectivity index (χ0v) is 16.2. The Morgan fingerprint density at radius 1 is 1.44 bits per heavy atom. The van der Waals surface area contributed by atoms with Crippen LogP contribution in [0, 0.1) is 17.1 Å². The van der Waals surface area contributed by atoms with Crippen LogP contribution in [0.15, 0.2) is 23.1 Å². The number of ether oxygens (including phenoxy) is 1. The third-order valence-electron chi connectivity index (χ3n) is 4.62. The standard InChI is InChI=1S/C12H14ClFO3S.C5H6N2O2/c1-17-9-3-4-10(7-9)18(15,16)12-5-2-8(14)6-11(12)13;6-3-5(1-2-5)7-4(8)9/h2,5-6,9-10H,3-4,7H2,1H3;7H,1-2H2,(H,8,9)/t9-,10-;/m0./s1. The molecule has 0 saturated heterocycles. The number of sulfone groups is 1. The third-order valence-corrected chi connectivity index (χ3v) is 7.32. The molecule has 0 bridgehead atoms. The highest BCUT2D eigenvalue weighted by Crippen LogP contribution is 2.34. The van der Waals surface area contributed by atoms with E-state index in [0.717, 1.165) is 18.6 Å². The predicted octanol–water partition coefficient (Wildman–Crippen LogP) is 3.13. The average molecular weight is 419 g/mol. The number of carboxylic acid groups (broad SMARTS) is 1. The van der Waals surface area contributed by atoms with E-state index in [0.29, 0.717) is 25.7 Å². The largest absolute Gasteiger partial charge is 0.465 e. The van der Waals surface area contributed by atoms with Crippen molar-refractivity contribution in [1.82, 2.24) is 5.32 Å². The fourth-order valence-electron chi connectivity index (χ4n) is 2.88. The molecule has 1 aromatic carbocycles. The molecule has 2 N–H and O–H groups in total. The van der Waals surface area contributed by atoms with Crippen LogP contribution >= 0.6 is 11.6 Å². The molecule has 1 aromatic rings. The molecular formula is C17H20ClFN2O5S. The van der Waals surface area contributed by atoms with E-state index in [1.165, 1.54) is 6.07 Å². The lowest BCUT2D eigenvalue weighted by Crippen LogP contribution is -2.33. The van der Waals surface area contributed by atoms with E-state index in [4.69, 9.17) is 26.7 Å². The first-order valence-corrected chi connectivity index (χ1v) is 10.2. The van der Waals surface area contributed by atoms with Crippen LogP contribution in [0.2, 0.25) is 5.02 Å². The van der Waals surface area contributed by atoms with Gasteiger partial charge in [0.05, 0.1) is 27.3 Å². The van der Waals surface area contributed by atoms with E-state index in [2.05, 4.69) is 5.32 Å². The Labute approximate surface area is 162 Å². The van der Waals surface area contributed by atoms with Crippen LogP contribution in [-0.2, 0) is 14.6 Å². The number of nitriles is 1. The van der Waals surface area contributed by atoms with Crippen LogP contribution in [0.25, 0.3) is 0 Å². The average Bonchev–Trinajstić information content (AvgIpc) is 3.18. The Hall–Kier alpha value is -1.89. The Balaban J connectivity index is 0.000000244. The highest BCUT2D eigenvalue weighted by Gasteiger charge is 2.44. The van der Waals surface area contributed by atoms with Crippen LogP contribution in [0.4, 0.5) is 9.18 Å². The number of hydrogen-bond acceptors (Lipinski definition) is 5. The first-order valence-electron chi connectivity index (χ1n) is 8.27. The van der Waals surface area contributed by atoms with Crippen LogP contribution in [0.1, 0.15) is 32.1 Å². The van der Waals surface area contributed by atoms with E-state index in [1.54, 1.807) is 7.11 Å². The lowest BCUT2D eigenvalue weighted by molar-refractivity contribution is 0.109. The minimum absolute atomic E-state index is 0.00678. The van der Waals surface area contributed by atoms with Gasteiger partial charge in [0.15, 0.2) is 9.84 Å². The van der Waals surface area contributed by atoms with Gasteiger partial charge < -0.3 is 15.2 Å². The smallest absolute Gasteiger partial charge is 0.405 e. The summed E-state index contributed by atoms with van der Waals surface area (Å²) in [4.78, 5) is 9.96. The van der Waals surface area contributed by atoms with Gasteiger partial charge in [0.25, 0.3) is 0 Å². The van der Waals surface area contributed by atoms with Crippen molar-refractivity contribution >= 4 is 27.5 Å². The molecule has 2 atom stereocenters. The van der Waals surface area contributed by atoms with Gasteiger partial charge >= 0.3 is 6.09 Å². The van der Waals surface area contributed by atoms with Gasteiger partial charge in [-0.25, -0.2) is 17.6 Å². The summed E-state index contributed by atoms with van der Waals surface area (Å²) in [5.41, 5.74) is -0.730. The molecule has 0 aliphatic heterocycles. The molecule has 0 heterocycles. The van der Waals surface area contributed by atoms with E-state index in [9.17, 15) is 17.6 Å². The molecule has 0 spiro atoms. The van der Waals surface area contributed by atoms with E-state index in [-0.39, 0.29) is 16.0 Å². The molecule has 2 fully saturated rings. The highest BCUT2D eigenvalue weighted by molar-refractivity contribution is 7.92. The molecular weight excluding hydrogens is 399 g/mol. The molecule has 148 valence electrons. The van der Waals surface area contributed by atoms with E-state index >= 15 is 0 Å². The topological polar surface area (TPSA) is 116 Å². The third kappa shape index (κ3) is 5.31. The molecule has 0 unspecified atom stereocenters. The second-order valence-corrected chi connectivity index (χ2v) is 9.14. The Morgan fingerprint density at radius 2 is 2.11 bits per heavy atom. The molecule has 0 radical (unpaired) electrons. The van der Waals surface area contributed by atoms with Gasteiger partial charge in [0.2, 0.25) is 0 Å². The molecule has 27 heavy (non-hydrogen) atoms. The van der Waals surface area contributed by atoms with Crippen molar-refractivity contribution in [3.63, 3.8) is 0 Å². The SMILES string of the molecule is CO[C@H]1CC[C@H](S(=O)(=O)c2ccc(F)cc2Cl)C1.N#CC1(NC(=O)O)CC1. The predicted molar refractivity (Wildman–Crippen MR) is 95.8 cm³/mol. The lowest BCUT2D eigenvalue weighted by Gasteiger charge is -2.13. The monoisotopic (exact) mass is 418 g/mol. The number of benzene rings is 1. The summed E-state index contributed by atoms with van der Waals surface area (Å²) in [5, 5.41) is 18.1. The van der Waals surface area contributed by atoms with Gasteiger partial charge in [-0.2, -0.15) is 5.26 Å². The van der Waals surface area contributed by atoms with Crippen LogP contribution in [0.5, 0.6) is 0 Å². The van der Waals surface area contributed by atoms with Crippen LogP contribution in [0.3, 0.4) is 0 Å². The highest BCUT2D eigenvalue weighted by atomic mass is 35.5. The number of hydrogen-bond donors (Lipinski definition) is 2. The molecule has 1 amide bonds. The summed E-state index contributed by atoms with van der Waals surface area (Å²) in [6.45, 7) is 0. The summed E-state index contributed by atoms with van der Waals surface area (Å²) >= 11 is 5.81.